The molecule has 5 heterocycles. The summed E-state index contributed by atoms with van der Waals surface area (Å²) in [5, 5.41) is 15.5. The van der Waals surface area contributed by atoms with E-state index in [1.165, 1.54) is 6.07 Å². The summed E-state index contributed by atoms with van der Waals surface area (Å²) in [5.74, 6) is 3.41. The Labute approximate surface area is 412 Å². The molecule has 8 aromatic carbocycles. The second-order valence-corrected chi connectivity index (χ2v) is 18.3. The molecule has 12 aromatic rings. The molecule has 0 unspecified atom stereocenters. The second kappa shape index (κ2) is 17.2. The van der Waals surface area contributed by atoms with Gasteiger partial charge in [-0.1, -0.05) is 72.8 Å². The van der Waals surface area contributed by atoms with Gasteiger partial charge in [-0.2, -0.15) is 8.42 Å². The number of aromatic nitrogens is 4. The third-order valence-corrected chi connectivity index (χ3v) is 13.1. The predicted octanol–water partition coefficient (Wildman–Crippen LogP) is 11.9. The maximum absolute atomic E-state index is 13.8. The molecule has 73 heavy (non-hydrogen) atoms. The van der Waals surface area contributed by atoms with Crippen molar-refractivity contribution >= 4 is 76.5 Å². The molecule has 0 atom stereocenters. The number of ether oxygens (including phenoxy) is 4. The van der Waals surface area contributed by atoms with Crippen LogP contribution in [0.4, 0.5) is 23.3 Å². The number of rotatable bonds is 9. The molecule has 1 aliphatic heterocycles. The fraction of sp³-hybridized carbons (Fsp3) is 0. The van der Waals surface area contributed by atoms with Crippen molar-refractivity contribution in [1.82, 2.24) is 19.9 Å². The van der Waals surface area contributed by atoms with Gasteiger partial charge in [-0.3, -0.25) is 4.55 Å². The lowest BCUT2D eigenvalue weighted by molar-refractivity contribution is 0.399. The van der Waals surface area contributed by atoms with Crippen molar-refractivity contribution in [2.24, 2.45) is 20.0 Å². The first kappa shape index (κ1) is 43.1. The summed E-state index contributed by atoms with van der Waals surface area (Å²) in [6.45, 7) is 0. The number of H-pyrrole nitrogens is 4. The van der Waals surface area contributed by atoms with Crippen molar-refractivity contribution < 1.29 is 37.0 Å². The van der Waals surface area contributed by atoms with Crippen LogP contribution in [0.15, 0.2) is 207 Å². The van der Waals surface area contributed by atoms with Crippen molar-refractivity contribution in [3.8, 4) is 51.7 Å². The van der Waals surface area contributed by atoms with E-state index < -0.39 is 26.5 Å². The Morgan fingerprint density at radius 1 is 0.356 bits per heavy atom. The highest BCUT2D eigenvalue weighted by molar-refractivity contribution is 7.86. The SMILES string of the molecule is O=S(=O)(O)c1c(Oc2ccccc2)c(O)cc2c3[nH]c(c12)N=c1[nH]c(c2cc(Oc4ccccc4)ccc12)=Nc1[nH]c(c2cc(Oc4ccccc4)ccc12)N=c1[nH]c(c2cc(Oc4ccccc4)ccc12)=N3. The number of phenols is 1. The standard InChI is InChI=1S/C56H36N8O8S/c65-45-30-44-46(48(73(66,67)68)47(45)72-34-19-11-4-12-20-34)56-63-51-40-26-23-37(71-33-17-9-3-10-18-33)29-43(40)53(61-51)59-49-38-24-21-35(69-31-13-5-1-6-14-31)27-41(38)52(57-49)58-50-39-25-22-36(70-32-15-7-2-8-16-32)28-42(39)54(60-50)62-55(44)64-56/h1-30,65H,(H,66,67,68)(H4,57,58,59,60,61,62,63,64). The normalized spacial score (nSPS) is 12.2. The van der Waals surface area contributed by atoms with E-state index in [4.69, 9.17) is 38.9 Å². The highest BCUT2D eigenvalue weighted by Crippen LogP contribution is 2.48. The zero-order valence-corrected chi connectivity index (χ0v) is 38.7. The molecule has 0 spiro atoms. The zero-order chi connectivity index (χ0) is 49.2. The zero-order valence-electron chi connectivity index (χ0n) is 37.9. The maximum Gasteiger partial charge on any atom is 0.299 e. The van der Waals surface area contributed by atoms with Crippen LogP contribution in [0.1, 0.15) is 0 Å². The highest BCUT2D eigenvalue weighted by Gasteiger charge is 2.30. The van der Waals surface area contributed by atoms with Crippen LogP contribution in [0, 0.1) is 0 Å². The van der Waals surface area contributed by atoms with Crippen molar-refractivity contribution in [2.75, 3.05) is 0 Å². The fourth-order valence-electron chi connectivity index (χ4n) is 8.97. The van der Waals surface area contributed by atoms with Gasteiger partial charge in [0, 0.05) is 37.7 Å². The smallest absolute Gasteiger partial charge is 0.299 e. The number of phenolic OH excluding ortho intramolecular Hbond substituents is 1. The topological polar surface area (TPSA) is 224 Å². The number of aromatic amines is 4. The molecule has 0 radical (unpaired) electrons. The van der Waals surface area contributed by atoms with Gasteiger partial charge in [0.25, 0.3) is 10.1 Å². The summed E-state index contributed by atoms with van der Waals surface area (Å²) in [4.78, 5) is 33.4. The Balaban J connectivity index is 1.14. The third kappa shape index (κ3) is 8.01. The molecule has 0 aliphatic carbocycles. The number of hydrogen-bond acceptors (Lipinski definition) is 11. The van der Waals surface area contributed by atoms with Crippen LogP contribution in [0.3, 0.4) is 0 Å². The summed E-state index contributed by atoms with van der Waals surface area (Å²) < 4.78 is 63.6. The largest absolute Gasteiger partial charge is 0.504 e. The van der Waals surface area contributed by atoms with Gasteiger partial charge in [0.1, 0.15) is 85.5 Å². The molecular formula is C56H36N8O8S. The van der Waals surface area contributed by atoms with Gasteiger partial charge in [-0.05, 0) is 109 Å². The molecule has 13 rings (SSSR count). The first-order valence-electron chi connectivity index (χ1n) is 22.8. The van der Waals surface area contributed by atoms with Crippen molar-refractivity contribution in [3.63, 3.8) is 0 Å². The summed E-state index contributed by atoms with van der Waals surface area (Å²) in [6, 6.07) is 54.3. The van der Waals surface area contributed by atoms with Crippen LogP contribution in [0.5, 0.6) is 51.7 Å². The van der Waals surface area contributed by atoms with Crippen LogP contribution < -0.4 is 40.9 Å². The van der Waals surface area contributed by atoms with Crippen LogP contribution >= 0.6 is 0 Å². The summed E-state index contributed by atoms with van der Waals surface area (Å²) in [5.41, 5.74) is 1.28. The van der Waals surface area contributed by atoms with Crippen LogP contribution in [0.2, 0.25) is 0 Å². The van der Waals surface area contributed by atoms with Crippen molar-refractivity contribution in [1.29, 1.82) is 0 Å². The van der Waals surface area contributed by atoms with E-state index in [-0.39, 0.29) is 39.1 Å². The third-order valence-electron chi connectivity index (χ3n) is 12.2. The van der Waals surface area contributed by atoms with Crippen molar-refractivity contribution in [3.05, 3.63) is 204 Å². The molecule has 0 fully saturated rings. The fourth-order valence-corrected chi connectivity index (χ4v) is 9.82. The molecule has 4 aromatic heterocycles. The first-order valence-corrected chi connectivity index (χ1v) is 24.2. The quantitative estimate of drug-likeness (QED) is 0.0761. The van der Waals surface area contributed by atoms with Crippen molar-refractivity contribution in [2.45, 2.75) is 4.90 Å². The predicted molar refractivity (Wildman–Crippen MR) is 274 cm³/mol. The van der Waals surface area contributed by atoms with Gasteiger partial charge >= 0.3 is 0 Å². The molecule has 17 heteroatoms. The van der Waals surface area contributed by atoms with Crippen LogP contribution in [-0.4, -0.2) is 38.0 Å². The first-order chi connectivity index (χ1) is 35.6. The Bertz CT molecular complexity index is 4540. The lowest BCUT2D eigenvalue weighted by atomic mass is 10.1. The van der Waals surface area contributed by atoms with E-state index >= 15 is 0 Å². The number of para-hydroxylation sites is 4. The minimum absolute atomic E-state index is 0.0573. The number of aromatic hydroxyl groups is 1. The Morgan fingerprint density at radius 3 is 1.19 bits per heavy atom. The Kier molecular flexibility index (Phi) is 10.1. The molecule has 0 amide bonds. The van der Waals surface area contributed by atoms with E-state index in [2.05, 4.69) is 19.9 Å². The molecule has 16 nitrogen and oxygen atoms in total. The van der Waals surface area contributed by atoms with Gasteiger partial charge in [-0.25, -0.2) is 20.0 Å². The Morgan fingerprint density at radius 2 is 0.726 bits per heavy atom. The molecule has 1 aliphatic rings. The van der Waals surface area contributed by atoms with Crippen LogP contribution in [-0.2, 0) is 10.1 Å². The van der Waals surface area contributed by atoms with Crippen LogP contribution in [0.25, 0.3) is 43.1 Å². The van der Waals surface area contributed by atoms with Gasteiger partial charge in [0.15, 0.2) is 16.4 Å². The lowest BCUT2D eigenvalue weighted by Gasteiger charge is -2.13. The second-order valence-electron chi connectivity index (χ2n) is 17.0. The minimum Gasteiger partial charge on any atom is -0.504 e. The number of nitrogens with zero attached hydrogens (tertiary/aromatic N) is 4. The lowest BCUT2D eigenvalue weighted by Crippen LogP contribution is -2.10. The number of nitrogens with one attached hydrogen (secondary N) is 4. The average molecular weight is 981 g/mol. The van der Waals surface area contributed by atoms with Gasteiger partial charge in [-0.15, -0.1) is 0 Å². The number of benzene rings is 8. The summed E-state index contributed by atoms with van der Waals surface area (Å²) in [7, 11) is -5.19. The summed E-state index contributed by atoms with van der Waals surface area (Å²) >= 11 is 0. The average Bonchev–Trinajstić information content (AvgIpc) is 4.12. The number of fused-ring (bicyclic) bond motifs is 20. The Hall–Kier alpha value is -9.97. The molecule has 0 saturated carbocycles. The van der Waals surface area contributed by atoms with E-state index in [0.717, 1.165) is 0 Å². The van der Waals surface area contributed by atoms with Gasteiger partial charge in [0.05, 0.1) is 5.39 Å². The van der Waals surface area contributed by atoms with Gasteiger partial charge in [0.2, 0.25) is 0 Å². The molecular weight excluding hydrogens is 945 g/mol. The van der Waals surface area contributed by atoms with E-state index in [0.29, 0.717) is 89.4 Å². The molecule has 8 bridgehead atoms. The highest BCUT2D eigenvalue weighted by atomic mass is 32.2. The van der Waals surface area contributed by atoms with E-state index in [9.17, 15) is 18.1 Å². The maximum atomic E-state index is 13.8. The number of hydrogen-bond donors (Lipinski definition) is 6. The summed E-state index contributed by atoms with van der Waals surface area (Å²) in [6.07, 6.45) is 0. The molecule has 6 N–H and O–H groups in total. The molecule has 0 saturated heterocycles. The van der Waals surface area contributed by atoms with E-state index in [1.54, 1.807) is 36.4 Å². The molecule has 354 valence electrons. The monoisotopic (exact) mass is 980 g/mol. The minimum atomic E-state index is -5.19. The van der Waals surface area contributed by atoms with Gasteiger partial charge < -0.3 is 44.0 Å². The van der Waals surface area contributed by atoms with E-state index in [1.807, 2.05) is 140 Å².